The number of nitrogens with zero attached hydrogens (tertiary/aromatic N) is 2. The molecule has 5 aromatic rings. The Morgan fingerprint density at radius 2 is 1.73 bits per heavy atom. The van der Waals surface area contributed by atoms with Crippen LogP contribution in [0.25, 0.3) is 50.3 Å². The van der Waals surface area contributed by atoms with Crippen LogP contribution in [0.1, 0.15) is 58.1 Å². The maximum Gasteiger partial charge on any atom is 0.227 e. The summed E-state index contributed by atoms with van der Waals surface area (Å²) in [5.41, 5.74) is 9.69. The van der Waals surface area contributed by atoms with Gasteiger partial charge in [0.1, 0.15) is 0 Å². The molecule has 3 heteroatoms. The van der Waals surface area contributed by atoms with Crippen molar-refractivity contribution >= 4 is 27.8 Å². The van der Waals surface area contributed by atoms with Gasteiger partial charge in [-0.05, 0) is 55.0 Å². The summed E-state index contributed by atoms with van der Waals surface area (Å²) in [6.45, 7) is 13.4. The number of fused-ring (bicyclic) bond motifs is 3. The molecule has 0 fully saturated rings. The number of benzene rings is 2. The first-order valence-corrected chi connectivity index (χ1v) is 13.6. The Balaban J connectivity index is 1.78. The van der Waals surface area contributed by atoms with E-state index in [4.69, 9.17) is 9.40 Å². The molecule has 2 aromatic carbocycles. The Hall–Kier alpha value is -3.72. The van der Waals surface area contributed by atoms with Gasteiger partial charge in [0.05, 0.1) is 11.3 Å². The van der Waals surface area contributed by atoms with Gasteiger partial charge in [0.2, 0.25) is 11.4 Å². The van der Waals surface area contributed by atoms with Crippen molar-refractivity contribution in [1.29, 1.82) is 0 Å². The lowest BCUT2D eigenvalue weighted by Crippen LogP contribution is -2.34. The first-order valence-electron chi connectivity index (χ1n) is 13.6. The topological polar surface area (TPSA) is 29.9 Å². The fraction of sp³-hybridized carbons (Fsp3) is 0.294. The highest BCUT2D eigenvalue weighted by Crippen LogP contribution is 2.38. The summed E-state index contributed by atoms with van der Waals surface area (Å²) in [7, 11) is 0. The number of hydrogen-bond acceptors (Lipinski definition) is 2. The molecule has 0 saturated heterocycles. The average molecular weight is 490 g/mol. The minimum absolute atomic E-state index is 0.584. The van der Waals surface area contributed by atoms with Crippen LogP contribution in [-0.2, 0) is 12.8 Å². The predicted octanol–water partition coefficient (Wildman–Crippen LogP) is 9.02. The molecule has 3 nitrogen and oxygen atoms in total. The lowest BCUT2D eigenvalue weighted by Gasteiger charge is -2.13. The average Bonchev–Trinajstić information content (AvgIpc) is 3.27. The smallest absolute Gasteiger partial charge is 0.227 e. The van der Waals surface area contributed by atoms with Gasteiger partial charge in [0.25, 0.3) is 0 Å². The third kappa shape index (κ3) is 4.96. The van der Waals surface area contributed by atoms with Gasteiger partial charge in [0, 0.05) is 34.9 Å². The summed E-state index contributed by atoms with van der Waals surface area (Å²) in [5, 5.41) is 2.16. The van der Waals surface area contributed by atoms with Crippen molar-refractivity contribution in [2.45, 2.75) is 59.8 Å². The third-order valence-electron chi connectivity index (χ3n) is 6.98. The van der Waals surface area contributed by atoms with Crippen molar-refractivity contribution in [2.75, 3.05) is 0 Å². The van der Waals surface area contributed by atoms with Crippen LogP contribution in [0.4, 0.5) is 0 Å². The van der Waals surface area contributed by atoms with E-state index in [-0.39, 0.29) is 0 Å². The van der Waals surface area contributed by atoms with Crippen molar-refractivity contribution in [2.24, 2.45) is 5.92 Å². The highest BCUT2D eigenvalue weighted by Gasteiger charge is 2.25. The number of furan rings is 1. The molecule has 0 aliphatic rings. The Morgan fingerprint density at radius 1 is 0.946 bits per heavy atom. The van der Waals surface area contributed by atoms with E-state index < -0.39 is 0 Å². The van der Waals surface area contributed by atoms with Gasteiger partial charge in [-0.15, -0.1) is 0 Å². The first kappa shape index (κ1) is 25.0. The summed E-state index contributed by atoms with van der Waals surface area (Å²) in [5.74, 6) is 0.584. The Labute approximate surface area is 220 Å². The second-order valence-electron chi connectivity index (χ2n) is 10.4. The molecule has 0 spiro atoms. The zero-order chi connectivity index (χ0) is 25.9. The second-order valence-corrected chi connectivity index (χ2v) is 10.4. The van der Waals surface area contributed by atoms with Crippen LogP contribution in [0.5, 0.6) is 0 Å². The molecule has 37 heavy (non-hydrogen) atoms. The molecule has 0 radical (unpaired) electrons. The van der Waals surface area contributed by atoms with Crippen molar-refractivity contribution in [3.63, 3.8) is 0 Å². The van der Waals surface area contributed by atoms with Gasteiger partial charge < -0.3 is 4.42 Å². The summed E-state index contributed by atoms with van der Waals surface area (Å²) in [6.07, 6.45) is 7.30. The molecule has 0 amide bonds. The van der Waals surface area contributed by atoms with Gasteiger partial charge in [-0.1, -0.05) is 76.6 Å². The van der Waals surface area contributed by atoms with Crippen LogP contribution in [0, 0.1) is 5.92 Å². The maximum atomic E-state index is 6.65. The van der Waals surface area contributed by atoms with E-state index in [1.165, 1.54) is 16.7 Å². The lowest BCUT2D eigenvalue weighted by atomic mass is 9.94. The molecular weight excluding hydrogens is 452 g/mol. The number of rotatable bonds is 9. The van der Waals surface area contributed by atoms with Gasteiger partial charge in [0.15, 0.2) is 17.5 Å². The highest BCUT2D eigenvalue weighted by molar-refractivity contribution is 6.09. The molecule has 0 aliphatic carbocycles. The van der Waals surface area contributed by atoms with E-state index in [9.17, 15) is 0 Å². The quantitative estimate of drug-likeness (QED) is 0.193. The van der Waals surface area contributed by atoms with Crippen molar-refractivity contribution in [3.8, 4) is 22.5 Å². The van der Waals surface area contributed by atoms with Crippen LogP contribution in [-0.4, -0.2) is 4.98 Å². The SMILES string of the molecule is C=C(CCC)[n+]1ccc(CC(C)C)cc1-c1c(CCC)ccc2c1oc1nc(-c3ccccc3)ccc12. The number of aromatic nitrogens is 2. The van der Waals surface area contributed by atoms with Crippen LogP contribution in [0.15, 0.2) is 83.9 Å². The largest absolute Gasteiger partial charge is 0.437 e. The normalized spacial score (nSPS) is 11.6. The predicted molar refractivity (Wildman–Crippen MR) is 155 cm³/mol. The fourth-order valence-electron chi connectivity index (χ4n) is 5.31. The van der Waals surface area contributed by atoms with E-state index in [0.717, 1.165) is 71.1 Å². The Kier molecular flexibility index (Phi) is 7.23. The maximum absolute atomic E-state index is 6.65. The van der Waals surface area contributed by atoms with Gasteiger partial charge in [-0.3, -0.25) is 0 Å². The Bertz CT molecular complexity index is 1560. The minimum Gasteiger partial charge on any atom is -0.437 e. The van der Waals surface area contributed by atoms with E-state index >= 15 is 0 Å². The minimum atomic E-state index is 0.584. The Morgan fingerprint density at radius 3 is 2.46 bits per heavy atom. The molecule has 3 aromatic heterocycles. The van der Waals surface area contributed by atoms with E-state index in [1.807, 2.05) is 18.2 Å². The van der Waals surface area contributed by atoms with Crippen LogP contribution in [0.2, 0.25) is 0 Å². The summed E-state index contributed by atoms with van der Waals surface area (Å²) in [6, 6.07) is 23.6. The summed E-state index contributed by atoms with van der Waals surface area (Å²) in [4.78, 5) is 4.95. The number of pyridine rings is 2. The molecule has 0 atom stereocenters. The third-order valence-corrected chi connectivity index (χ3v) is 6.98. The molecule has 0 bridgehead atoms. The lowest BCUT2D eigenvalue weighted by molar-refractivity contribution is -0.571. The highest BCUT2D eigenvalue weighted by atomic mass is 16.3. The van der Waals surface area contributed by atoms with E-state index in [2.05, 4.69) is 93.6 Å². The second kappa shape index (κ2) is 10.7. The van der Waals surface area contributed by atoms with Crippen LogP contribution >= 0.6 is 0 Å². The molecular formula is C34H37N2O+. The number of aryl methyl sites for hydroxylation is 1. The molecule has 0 N–H and O–H groups in total. The zero-order valence-corrected chi connectivity index (χ0v) is 22.6. The van der Waals surface area contributed by atoms with Gasteiger partial charge in [-0.25, -0.2) is 4.98 Å². The monoisotopic (exact) mass is 489 g/mol. The van der Waals surface area contributed by atoms with Crippen molar-refractivity contribution in [3.05, 3.63) is 90.6 Å². The fourth-order valence-corrected chi connectivity index (χ4v) is 5.31. The summed E-state index contributed by atoms with van der Waals surface area (Å²) >= 11 is 0. The molecule has 5 rings (SSSR count). The molecule has 0 aliphatic heterocycles. The van der Waals surface area contributed by atoms with Gasteiger partial charge in [-0.2, -0.15) is 4.57 Å². The van der Waals surface area contributed by atoms with Crippen molar-refractivity contribution < 1.29 is 8.98 Å². The molecule has 0 unspecified atom stereocenters. The molecule has 188 valence electrons. The van der Waals surface area contributed by atoms with Crippen molar-refractivity contribution in [1.82, 2.24) is 4.98 Å². The van der Waals surface area contributed by atoms with E-state index in [1.54, 1.807) is 0 Å². The standard InChI is InChI=1S/C34H37N2O/c1-6-11-24(5)36-20-19-25(21-23(3)4)22-31(36)32-27(12-7-2)15-16-28-29-17-18-30(26-13-9-8-10-14-26)35-34(29)37-33(28)32/h8-10,13-20,22-23H,5-7,11-12,21H2,1-4H3/q+1. The summed E-state index contributed by atoms with van der Waals surface area (Å²) < 4.78 is 8.92. The zero-order valence-electron chi connectivity index (χ0n) is 22.6. The number of hydrogen-bond donors (Lipinski definition) is 0. The van der Waals surface area contributed by atoms with Gasteiger partial charge >= 0.3 is 0 Å². The van der Waals surface area contributed by atoms with Crippen LogP contribution < -0.4 is 4.57 Å². The van der Waals surface area contributed by atoms with Crippen LogP contribution in [0.3, 0.4) is 0 Å². The molecule has 3 heterocycles. The first-order chi connectivity index (χ1) is 18.0. The molecule has 0 saturated carbocycles. The van der Waals surface area contributed by atoms with E-state index in [0.29, 0.717) is 11.6 Å². The number of allylic oxidation sites excluding steroid dienone is 1.